The van der Waals surface area contributed by atoms with E-state index >= 15 is 0 Å². The maximum absolute atomic E-state index is 11.1. The predicted octanol–water partition coefficient (Wildman–Crippen LogP) is 0.608. The molecule has 0 fully saturated rings. The summed E-state index contributed by atoms with van der Waals surface area (Å²) in [4.78, 5) is 15.9. The van der Waals surface area contributed by atoms with E-state index in [2.05, 4.69) is 5.16 Å². The molecule has 0 saturated carbocycles. The van der Waals surface area contributed by atoms with Gasteiger partial charge in [-0.15, -0.1) is 0 Å². The second kappa shape index (κ2) is 4.45. The van der Waals surface area contributed by atoms with Crippen molar-refractivity contribution in [2.45, 2.75) is 25.9 Å². The number of esters is 1. The van der Waals surface area contributed by atoms with Crippen LogP contribution in [0.25, 0.3) is 0 Å². The standard InChI is InChI=1S/C8H10N2O3/c1-2-12-8(11)7-5-6(3-4-9)13-10-7/h6H,2-3,5H2,1H3. The molecule has 0 amide bonds. The molecule has 1 heterocycles. The fraction of sp³-hybridized carbons (Fsp3) is 0.625. The Morgan fingerprint density at radius 2 is 2.69 bits per heavy atom. The van der Waals surface area contributed by atoms with Gasteiger partial charge < -0.3 is 9.57 Å². The van der Waals surface area contributed by atoms with Crippen molar-refractivity contribution in [2.75, 3.05) is 6.61 Å². The minimum absolute atomic E-state index is 0.242. The Hall–Kier alpha value is -1.57. The molecule has 0 spiro atoms. The number of hydrogen-bond donors (Lipinski definition) is 0. The summed E-state index contributed by atoms with van der Waals surface area (Å²) in [6.45, 7) is 2.04. The minimum Gasteiger partial charge on any atom is -0.461 e. The Kier molecular flexibility index (Phi) is 3.26. The van der Waals surface area contributed by atoms with Crippen molar-refractivity contribution >= 4 is 11.7 Å². The van der Waals surface area contributed by atoms with E-state index in [9.17, 15) is 4.79 Å². The van der Waals surface area contributed by atoms with E-state index in [4.69, 9.17) is 14.8 Å². The van der Waals surface area contributed by atoms with Crippen LogP contribution >= 0.6 is 0 Å². The number of oxime groups is 1. The van der Waals surface area contributed by atoms with Crippen molar-refractivity contribution in [3.05, 3.63) is 0 Å². The zero-order chi connectivity index (χ0) is 9.68. The van der Waals surface area contributed by atoms with Gasteiger partial charge in [-0.2, -0.15) is 5.26 Å². The molecule has 0 bridgehead atoms. The minimum atomic E-state index is -0.456. The highest BCUT2D eigenvalue weighted by Crippen LogP contribution is 2.13. The highest BCUT2D eigenvalue weighted by Gasteiger charge is 2.26. The molecule has 5 nitrogen and oxygen atoms in total. The Morgan fingerprint density at radius 3 is 3.31 bits per heavy atom. The third kappa shape index (κ3) is 2.44. The summed E-state index contributed by atoms with van der Waals surface area (Å²) in [6, 6.07) is 1.95. The highest BCUT2D eigenvalue weighted by molar-refractivity contribution is 6.36. The van der Waals surface area contributed by atoms with Gasteiger partial charge >= 0.3 is 5.97 Å². The summed E-state index contributed by atoms with van der Waals surface area (Å²) in [6.07, 6.45) is 0.322. The first-order valence-electron chi connectivity index (χ1n) is 4.04. The van der Waals surface area contributed by atoms with Gasteiger partial charge in [0.1, 0.15) is 6.10 Å². The molecule has 1 atom stereocenters. The number of carbonyl (C=O) groups is 1. The van der Waals surface area contributed by atoms with Crippen LogP contribution in [0.4, 0.5) is 0 Å². The molecule has 0 saturated heterocycles. The van der Waals surface area contributed by atoms with E-state index in [1.165, 1.54) is 0 Å². The SMILES string of the molecule is CCOC(=O)C1=NOC(CC#N)C1. The molecule has 0 radical (unpaired) electrons. The summed E-state index contributed by atoms with van der Waals surface area (Å²) in [5.41, 5.74) is 0.266. The fourth-order valence-corrected chi connectivity index (χ4v) is 0.975. The molecule has 0 aliphatic carbocycles. The maximum Gasteiger partial charge on any atom is 0.356 e. The van der Waals surface area contributed by atoms with E-state index in [0.29, 0.717) is 13.0 Å². The molecule has 1 aliphatic heterocycles. The number of nitrogens with zero attached hydrogens (tertiary/aromatic N) is 2. The van der Waals surface area contributed by atoms with Crippen molar-refractivity contribution in [3.63, 3.8) is 0 Å². The third-order valence-electron chi connectivity index (χ3n) is 1.56. The summed E-state index contributed by atoms with van der Waals surface area (Å²) in [5, 5.41) is 11.9. The van der Waals surface area contributed by atoms with Gasteiger partial charge in [0.15, 0.2) is 5.71 Å². The summed E-state index contributed by atoms with van der Waals surface area (Å²) < 4.78 is 4.72. The van der Waals surface area contributed by atoms with Gasteiger partial charge in [0, 0.05) is 6.42 Å². The first-order valence-corrected chi connectivity index (χ1v) is 4.04. The molecule has 5 heteroatoms. The van der Waals surface area contributed by atoms with Crippen LogP contribution in [0.5, 0.6) is 0 Å². The Bertz CT molecular complexity index is 267. The number of rotatable bonds is 3. The lowest BCUT2D eigenvalue weighted by Crippen LogP contribution is -2.17. The molecule has 13 heavy (non-hydrogen) atoms. The molecule has 1 unspecified atom stereocenters. The zero-order valence-electron chi connectivity index (χ0n) is 7.32. The van der Waals surface area contributed by atoms with Gasteiger partial charge in [0.2, 0.25) is 0 Å². The Morgan fingerprint density at radius 1 is 1.92 bits per heavy atom. The first kappa shape index (κ1) is 9.52. The lowest BCUT2D eigenvalue weighted by atomic mass is 10.1. The van der Waals surface area contributed by atoms with Gasteiger partial charge in [-0.3, -0.25) is 0 Å². The molecule has 0 aromatic rings. The lowest BCUT2D eigenvalue weighted by molar-refractivity contribution is -0.135. The van der Waals surface area contributed by atoms with Crippen molar-refractivity contribution in [2.24, 2.45) is 5.16 Å². The van der Waals surface area contributed by atoms with Gasteiger partial charge in [0.25, 0.3) is 0 Å². The molecule has 0 N–H and O–H groups in total. The van der Waals surface area contributed by atoms with Crippen LogP contribution in [0, 0.1) is 11.3 Å². The van der Waals surface area contributed by atoms with E-state index in [0.717, 1.165) is 0 Å². The van der Waals surface area contributed by atoms with Crippen LogP contribution in [-0.2, 0) is 14.4 Å². The first-order chi connectivity index (χ1) is 6.27. The van der Waals surface area contributed by atoms with Gasteiger partial charge in [-0.05, 0) is 6.92 Å². The zero-order valence-corrected chi connectivity index (χ0v) is 7.32. The summed E-state index contributed by atoms with van der Waals surface area (Å²) in [7, 11) is 0. The quantitative estimate of drug-likeness (QED) is 0.599. The summed E-state index contributed by atoms with van der Waals surface area (Å²) in [5.74, 6) is -0.456. The fourth-order valence-electron chi connectivity index (χ4n) is 0.975. The van der Waals surface area contributed by atoms with Crippen LogP contribution in [0.3, 0.4) is 0 Å². The van der Waals surface area contributed by atoms with Crippen LogP contribution in [0.1, 0.15) is 19.8 Å². The Labute approximate surface area is 75.9 Å². The van der Waals surface area contributed by atoms with Crippen LogP contribution in [0.15, 0.2) is 5.16 Å². The average molecular weight is 182 g/mol. The van der Waals surface area contributed by atoms with Crippen molar-refractivity contribution in [1.29, 1.82) is 5.26 Å². The largest absolute Gasteiger partial charge is 0.461 e. The second-order valence-electron chi connectivity index (χ2n) is 2.55. The van der Waals surface area contributed by atoms with E-state index in [-0.39, 0.29) is 18.2 Å². The molecule has 70 valence electrons. The highest BCUT2D eigenvalue weighted by atomic mass is 16.6. The van der Waals surface area contributed by atoms with Crippen molar-refractivity contribution in [1.82, 2.24) is 0 Å². The molecular weight excluding hydrogens is 172 g/mol. The van der Waals surface area contributed by atoms with E-state index in [1.54, 1.807) is 6.92 Å². The average Bonchev–Trinajstić information content (AvgIpc) is 2.54. The smallest absolute Gasteiger partial charge is 0.356 e. The monoisotopic (exact) mass is 182 g/mol. The molecule has 1 aliphatic rings. The Balaban J connectivity index is 2.40. The second-order valence-corrected chi connectivity index (χ2v) is 2.55. The van der Waals surface area contributed by atoms with E-state index in [1.807, 2.05) is 6.07 Å². The number of carbonyl (C=O) groups excluding carboxylic acids is 1. The number of nitriles is 1. The lowest BCUT2D eigenvalue weighted by Gasteiger charge is -2.00. The van der Waals surface area contributed by atoms with Crippen molar-refractivity contribution < 1.29 is 14.4 Å². The topological polar surface area (TPSA) is 71.7 Å². The maximum atomic E-state index is 11.1. The molecule has 0 aromatic heterocycles. The third-order valence-corrected chi connectivity index (χ3v) is 1.56. The number of ether oxygens (including phenoxy) is 1. The number of hydrogen-bond acceptors (Lipinski definition) is 5. The van der Waals surface area contributed by atoms with Crippen LogP contribution < -0.4 is 0 Å². The van der Waals surface area contributed by atoms with Crippen LogP contribution in [0.2, 0.25) is 0 Å². The predicted molar refractivity (Wildman–Crippen MR) is 43.8 cm³/mol. The van der Waals surface area contributed by atoms with Gasteiger partial charge in [-0.1, -0.05) is 5.16 Å². The van der Waals surface area contributed by atoms with Gasteiger partial charge in [-0.25, -0.2) is 4.79 Å². The molecule has 0 aromatic carbocycles. The normalized spacial score (nSPS) is 20.0. The summed E-state index contributed by atoms with van der Waals surface area (Å²) >= 11 is 0. The van der Waals surface area contributed by atoms with Gasteiger partial charge in [0.05, 0.1) is 19.1 Å². The molecule has 1 rings (SSSR count). The van der Waals surface area contributed by atoms with Crippen LogP contribution in [-0.4, -0.2) is 24.4 Å². The van der Waals surface area contributed by atoms with E-state index < -0.39 is 5.97 Å². The van der Waals surface area contributed by atoms with Crippen molar-refractivity contribution in [3.8, 4) is 6.07 Å². The molecular formula is C8H10N2O3.